The summed E-state index contributed by atoms with van der Waals surface area (Å²) in [5.74, 6) is 0.117. The van der Waals surface area contributed by atoms with Crippen molar-refractivity contribution in [3.63, 3.8) is 0 Å². The van der Waals surface area contributed by atoms with E-state index >= 15 is 0 Å². The number of rotatable bonds is 8. The van der Waals surface area contributed by atoms with Crippen LogP contribution in [-0.4, -0.2) is 55.9 Å². The number of halogens is 2. The van der Waals surface area contributed by atoms with Gasteiger partial charge in [-0.05, 0) is 68.1 Å². The van der Waals surface area contributed by atoms with Gasteiger partial charge in [-0.2, -0.15) is 0 Å². The Balaban J connectivity index is 1.15. The molecular weight excluding hydrogens is 458 g/mol. The smallest absolute Gasteiger partial charge is 0.191 e. The number of aromatic hydroxyl groups is 1. The fourth-order valence-corrected chi connectivity index (χ4v) is 5.95. The zero-order chi connectivity index (χ0) is 24.0. The molecule has 1 aromatic heterocycles. The number of nitrogens with zero attached hydrogens (tertiary/aromatic N) is 4. The fourth-order valence-electron chi connectivity index (χ4n) is 5.11. The molecule has 1 saturated heterocycles. The normalized spacial score (nSPS) is 21.6. The molecule has 0 bridgehead atoms. The van der Waals surface area contributed by atoms with E-state index in [4.69, 9.17) is 0 Å². The SMILES string of the molecule is CC(=O)c1cc([C@@]23C[C@@H]2CN(CCCSc2nnc(-c4ccc(F)c(F)c4)n2C)C3)ccc1O. The Hall–Kier alpha value is -2.78. The van der Waals surface area contributed by atoms with Crippen LogP contribution >= 0.6 is 11.8 Å². The van der Waals surface area contributed by atoms with Gasteiger partial charge in [0, 0.05) is 36.9 Å². The van der Waals surface area contributed by atoms with E-state index in [1.54, 1.807) is 22.4 Å². The Labute approximate surface area is 201 Å². The van der Waals surface area contributed by atoms with Crippen LogP contribution < -0.4 is 0 Å². The molecule has 2 fully saturated rings. The molecule has 6 nitrogen and oxygen atoms in total. The monoisotopic (exact) mass is 484 g/mol. The topological polar surface area (TPSA) is 71.2 Å². The van der Waals surface area contributed by atoms with Crippen molar-refractivity contribution in [2.45, 2.75) is 30.3 Å². The number of likely N-dealkylation sites (tertiary alicyclic amines) is 1. The van der Waals surface area contributed by atoms with Gasteiger partial charge in [-0.3, -0.25) is 4.79 Å². The Morgan fingerprint density at radius 1 is 1.21 bits per heavy atom. The molecule has 0 spiro atoms. The summed E-state index contributed by atoms with van der Waals surface area (Å²) in [5, 5.41) is 19.1. The van der Waals surface area contributed by atoms with E-state index in [-0.39, 0.29) is 16.9 Å². The predicted octanol–water partition coefficient (Wildman–Crippen LogP) is 4.42. The number of aromatic nitrogens is 3. The molecule has 178 valence electrons. The molecular formula is C25H26F2N4O2S. The molecule has 2 aliphatic rings. The van der Waals surface area contributed by atoms with Crippen LogP contribution in [0.25, 0.3) is 11.4 Å². The average Bonchev–Trinajstić information content (AvgIpc) is 3.18. The number of hydrogen-bond acceptors (Lipinski definition) is 6. The minimum atomic E-state index is -0.902. The third-order valence-electron chi connectivity index (χ3n) is 7.03. The van der Waals surface area contributed by atoms with Gasteiger partial charge in [0.25, 0.3) is 0 Å². The summed E-state index contributed by atoms with van der Waals surface area (Å²) in [6, 6.07) is 9.20. The molecule has 9 heteroatoms. The van der Waals surface area contributed by atoms with Crippen molar-refractivity contribution in [3.05, 3.63) is 59.2 Å². The second-order valence-electron chi connectivity index (χ2n) is 9.28. The van der Waals surface area contributed by atoms with E-state index in [1.165, 1.54) is 13.0 Å². The average molecular weight is 485 g/mol. The van der Waals surface area contributed by atoms with E-state index in [2.05, 4.69) is 15.1 Å². The molecule has 2 aromatic carbocycles. The molecule has 1 aliphatic carbocycles. The standard InChI is InChI=1S/C25H26F2N4O2S/c1-15(32)19-11-17(5-7-22(19)33)25-12-18(25)13-31(14-25)8-3-9-34-24-29-28-23(30(24)2)16-4-6-20(26)21(27)10-16/h4-7,10-11,18,33H,3,8-9,12-14H2,1-2H3/t18-,25+/m1/s1. The first-order valence-electron chi connectivity index (χ1n) is 11.3. The van der Waals surface area contributed by atoms with Crippen molar-refractivity contribution < 1.29 is 18.7 Å². The minimum Gasteiger partial charge on any atom is -0.507 e. The number of Topliss-reactive ketones (excluding diaryl/α,β-unsaturated/α-hetero) is 1. The highest BCUT2D eigenvalue weighted by atomic mass is 32.2. The van der Waals surface area contributed by atoms with E-state index in [9.17, 15) is 18.7 Å². The molecule has 3 aromatic rings. The minimum absolute atomic E-state index is 0.0493. The van der Waals surface area contributed by atoms with Gasteiger partial charge in [0.2, 0.25) is 0 Å². The molecule has 34 heavy (non-hydrogen) atoms. The molecule has 0 unspecified atom stereocenters. The van der Waals surface area contributed by atoms with Gasteiger partial charge in [-0.1, -0.05) is 17.8 Å². The first-order valence-corrected chi connectivity index (χ1v) is 12.3. The zero-order valence-electron chi connectivity index (χ0n) is 19.1. The lowest BCUT2D eigenvalue weighted by molar-refractivity contribution is 0.101. The van der Waals surface area contributed by atoms with Crippen LogP contribution in [0.5, 0.6) is 5.75 Å². The quantitative estimate of drug-likeness (QED) is 0.290. The van der Waals surface area contributed by atoms with E-state index < -0.39 is 11.6 Å². The Morgan fingerprint density at radius 3 is 2.79 bits per heavy atom. The Kier molecular flexibility index (Phi) is 5.93. The van der Waals surface area contributed by atoms with Gasteiger partial charge >= 0.3 is 0 Å². The summed E-state index contributed by atoms with van der Waals surface area (Å²) in [4.78, 5) is 14.3. The summed E-state index contributed by atoms with van der Waals surface area (Å²) < 4.78 is 28.6. The van der Waals surface area contributed by atoms with Crippen LogP contribution in [0.4, 0.5) is 8.78 Å². The maximum atomic E-state index is 13.6. The zero-order valence-corrected chi connectivity index (χ0v) is 19.9. The van der Waals surface area contributed by atoms with Gasteiger partial charge in [-0.15, -0.1) is 10.2 Å². The highest BCUT2D eigenvalue weighted by Crippen LogP contribution is 2.59. The summed E-state index contributed by atoms with van der Waals surface area (Å²) in [7, 11) is 1.82. The molecule has 5 rings (SSSR count). The Morgan fingerprint density at radius 2 is 2.03 bits per heavy atom. The van der Waals surface area contributed by atoms with Gasteiger partial charge in [0.1, 0.15) is 5.75 Å². The number of phenols is 1. The first-order chi connectivity index (χ1) is 16.3. The number of piperidine rings is 1. The number of benzene rings is 2. The van der Waals surface area contributed by atoms with Gasteiger partial charge in [0.15, 0.2) is 28.4 Å². The number of thioether (sulfide) groups is 1. The number of hydrogen-bond donors (Lipinski definition) is 1. The van der Waals surface area contributed by atoms with Crippen molar-refractivity contribution in [3.8, 4) is 17.1 Å². The van der Waals surface area contributed by atoms with Crippen LogP contribution in [0.15, 0.2) is 41.6 Å². The molecule has 2 atom stereocenters. The van der Waals surface area contributed by atoms with E-state index in [1.807, 2.05) is 19.2 Å². The highest BCUT2D eigenvalue weighted by Gasteiger charge is 2.60. The van der Waals surface area contributed by atoms with Gasteiger partial charge < -0.3 is 14.6 Å². The molecule has 1 saturated carbocycles. The molecule has 1 N–H and O–H groups in total. The predicted molar refractivity (Wildman–Crippen MR) is 126 cm³/mol. The fraction of sp³-hybridized carbons (Fsp3) is 0.400. The number of carbonyl (C=O) groups is 1. The van der Waals surface area contributed by atoms with Crippen LogP contribution in [0.3, 0.4) is 0 Å². The van der Waals surface area contributed by atoms with Crippen LogP contribution in [0.2, 0.25) is 0 Å². The lowest BCUT2D eigenvalue weighted by Crippen LogP contribution is -2.28. The number of fused-ring (bicyclic) bond motifs is 1. The van der Waals surface area contributed by atoms with Crippen molar-refractivity contribution in [2.24, 2.45) is 13.0 Å². The van der Waals surface area contributed by atoms with Crippen molar-refractivity contribution >= 4 is 17.5 Å². The summed E-state index contributed by atoms with van der Waals surface area (Å²) in [6.45, 7) is 4.47. The van der Waals surface area contributed by atoms with Crippen molar-refractivity contribution in [1.29, 1.82) is 0 Å². The molecule has 2 heterocycles. The number of phenolic OH excluding ortho intramolecular Hbond substituents is 1. The second-order valence-corrected chi connectivity index (χ2v) is 10.3. The molecule has 1 aliphatic heterocycles. The Bertz CT molecular complexity index is 1260. The van der Waals surface area contributed by atoms with Crippen molar-refractivity contribution in [1.82, 2.24) is 19.7 Å². The maximum absolute atomic E-state index is 13.6. The van der Waals surface area contributed by atoms with Gasteiger partial charge in [0.05, 0.1) is 5.56 Å². The maximum Gasteiger partial charge on any atom is 0.191 e. The lowest BCUT2D eigenvalue weighted by Gasteiger charge is -2.21. The number of carbonyl (C=O) groups excluding carboxylic acids is 1. The second kappa shape index (κ2) is 8.78. The van der Waals surface area contributed by atoms with Crippen LogP contribution in [-0.2, 0) is 12.5 Å². The highest BCUT2D eigenvalue weighted by molar-refractivity contribution is 7.99. The lowest BCUT2D eigenvalue weighted by atomic mass is 9.92. The van der Waals surface area contributed by atoms with E-state index in [0.29, 0.717) is 22.9 Å². The summed E-state index contributed by atoms with van der Waals surface area (Å²) in [5.41, 5.74) is 2.15. The van der Waals surface area contributed by atoms with Crippen LogP contribution in [0.1, 0.15) is 35.7 Å². The third-order valence-corrected chi connectivity index (χ3v) is 8.14. The molecule has 0 amide bonds. The first kappa shape index (κ1) is 23.0. The number of ketones is 1. The van der Waals surface area contributed by atoms with Crippen LogP contribution in [0, 0.1) is 17.6 Å². The summed E-state index contributed by atoms with van der Waals surface area (Å²) >= 11 is 1.60. The summed E-state index contributed by atoms with van der Waals surface area (Å²) in [6.07, 6.45) is 2.11. The van der Waals surface area contributed by atoms with Crippen molar-refractivity contribution in [2.75, 3.05) is 25.4 Å². The third kappa shape index (κ3) is 4.11. The molecule has 0 radical (unpaired) electrons. The van der Waals surface area contributed by atoms with Gasteiger partial charge in [-0.25, -0.2) is 8.78 Å². The largest absolute Gasteiger partial charge is 0.507 e. The van der Waals surface area contributed by atoms with E-state index in [0.717, 1.165) is 61.1 Å².